The smallest absolute Gasteiger partial charge is 0.408 e. The van der Waals surface area contributed by atoms with E-state index in [-0.39, 0.29) is 13.2 Å². The first-order chi connectivity index (χ1) is 11.2. The minimum absolute atomic E-state index is 0.260. The Morgan fingerprint density at radius 2 is 1.78 bits per heavy atom. The Hall–Kier alpha value is -2.73. The van der Waals surface area contributed by atoms with Crippen LogP contribution in [0.25, 0.3) is 0 Å². The lowest BCUT2D eigenvalue weighted by molar-refractivity contribution is 0.141. The second-order valence-corrected chi connectivity index (χ2v) is 5.46. The Labute approximate surface area is 137 Å². The van der Waals surface area contributed by atoms with Crippen molar-refractivity contribution in [3.05, 3.63) is 71.3 Å². The topological polar surface area (TPSA) is 38.3 Å². The number of benzene rings is 2. The summed E-state index contributed by atoms with van der Waals surface area (Å²) in [7, 11) is 0. The van der Waals surface area contributed by atoms with Crippen LogP contribution in [0.5, 0.6) is 0 Å². The van der Waals surface area contributed by atoms with Crippen molar-refractivity contribution in [1.82, 2.24) is 5.32 Å². The summed E-state index contributed by atoms with van der Waals surface area (Å²) in [5, 5.41) is 2.64. The van der Waals surface area contributed by atoms with Crippen LogP contribution in [0.3, 0.4) is 0 Å². The molecule has 3 heteroatoms. The number of ether oxygens (including phenoxy) is 1. The second kappa shape index (κ2) is 8.65. The molecule has 0 heterocycles. The van der Waals surface area contributed by atoms with Gasteiger partial charge >= 0.3 is 6.09 Å². The van der Waals surface area contributed by atoms with Crippen molar-refractivity contribution in [2.45, 2.75) is 26.4 Å². The van der Waals surface area contributed by atoms with Gasteiger partial charge in [-0.3, -0.25) is 0 Å². The molecule has 0 aliphatic heterocycles. The average Bonchev–Trinajstić information content (AvgIpc) is 2.58. The summed E-state index contributed by atoms with van der Waals surface area (Å²) in [6.45, 7) is 4.80. The van der Waals surface area contributed by atoms with Crippen molar-refractivity contribution < 1.29 is 9.53 Å². The Balaban J connectivity index is 1.80. The van der Waals surface area contributed by atoms with Gasteiger partial charge in [0.1, 0.15) is 6.61 Å². The van der Waals surface area contributed by atoms with Crippen molar-refractivity contribution in [2.75, 3.05) is 6.54 Å². The van der Waals surface area contributed by atoms with Gasteiger partial charge in [0.15, 0.2) is 0 Å². The Morgan fingerprint density at radius 3 is 2.52 bits per heavy atom. The van der Waals surface area contributed by atoms with Crippen LogP contribution in [0.15, 0.2) is 54.6 Å². The van der Waals surface area contributed by atoms with Crippen LogP contribution < -0.4 is 5.32 Å². The summed E-state index contributed by atoms with van der Waals surface area (Å²) >= 11 is 0. The van der Waals surface area contributed by atoms with E-state index >= 15 is 0 Å². The minimum Gasteiger partial charge on any atom is -0.445 e. The molecule has 1 N–H and O–H groups in total. The van der Waals surface area contributed by atoms with Crippen LogP contribution in [0, 0.1) is 11.8 Å². The molecular formula is C20H21NO2. The first-order valence-corrected chi connectivity index (χ1v) is 7.69. The second-order valence-electron chi connectivity index (χ2n) is 5.46. The van der Waals surface area contributed by atoms with Crippen molar-refractivity contribution >= 4 is 6.09 Å². The fourth-order valence-corrected chi connectivity index (χ4v) is 2.14. The van der Waals surface area contributed by atoms with Gasteiger partial charge in [-0.2, -0.15) is 0 Å². The molecule has 0 unspecified atom stereocenters. The fraction of sp³-hybridized carbons (Fsp3) is 0.250. The van der Waals surface area contributed by atoms with Gasteiger partial charge in [-0.05, 0) is 23.1 Å². The third-order valence-corrected chi connectivity index (χ3v) is 3.34. The van der Waals surface area contributed by atoms with Gasteiger partial charge in [0.2, 0.25) is 0 Å². The van der Waals surface area contributed by atoms with Gasteiger partial charge in [-0.25, -0.2) is 4.79 Å². The predicted octanol–water partition coefficient (Wildman–Crippen LogP) is 4.09. The quantitative estimate of drug-likeness (QED) is 0.864. The molecule has 2 aromatic rings. The predicted molar refractivity (Wildman–Crippen MR) is 92.0 cm³/mol. The van der Waals surface area contributed by atoms with Crippen LogP contribution >= 0.6 is 0 Å². The molecule has 3 nitrogen and oxygen atoms in total. The SMILES string of the molecule is CC(C)c1ccccc1C#CCNC(=O)OCc1ccccc1. The van der Waals surface area contributed by atoms with Gasteiger partial charge in [-0.1, -0.05) is 74.2 Å². The molecule has 0 aliphatic carbocycles. The highest BCUT2D eigenvalue weighted by atomic mass is 16.5. The van der Waals surface area contributed by atoms with E-state index in [1.807, 2.05) is 48.5 Å². The lowest BCUT2D eigenvalue weighted by Crippen LogP contribution is -2.24. The van der Waals surface area contributed by atoms with E-state index in [9.17, 15) is 4.79 Å². The lowest BCUT2D eigenvalue weighted by atomic mass is 9.98. The summed E-state index contributed by atoms with van der Waals surface area (Å²) in [6, 6.07) is 17.6. The van der Waals surface area contributed by atoms with Gasteiger partial charge in [0.05, 0.1) is 6.54 Å². The van der Waals surface area contributed by atoms with Crippen molar-refractivity contribution in [3.8, 4) is 11.8 Å². The first-order valence-electron chi connectivity index (χ1n) is 7.69. The molecule has 0 atom stereocenters. The molecule has 2 rings (SSSR count). The van der Waals surface area contributed by atoms with Crippen LogP contribution in [-0.4, -0.2) is 12.6 Å². The van der Waals surface area contributed by atoms with E-state index in [0.717, 1.165) is 11.1 Å². The highest BCUT2D eigenvalue weighted by molar-refractivity contribution is 5.67. The van der Waals surface area contributed by atoms with E-state index in [2.05, 4.69) is 37.1 Å². The molecule has 0 radical (unpaired) electrons. The minimum atomic E-state index is -0.458. The molecule has 0 aromatic heterocycles. The number of carbonyl (C=O) groups excluding carboxylic acids is 1. The molecule has 1 amide bonds. The lowest BCUT2D eigenvalue weighted by Gasteiger charge is -2.07. The third-order valence-electron chi connectivity index (χ3n) is 3.34. The number of hydrogen-bond acceptors (Lipinski definition) is 2. The van der Waals surface area contributed by atoms with E-state index in [1.54, 1.807) is 0 Å². The van der Waals surface area contributed by atoms with E-state index in [1.165, 1.54) is 5.56 Å². The molecule has 0 saturated heterocycles. The summed E-state index contributed by atoms with van der Waals surface area (Å²) in [5.41, 5.74) is 3.17. The third kappa shape index (κ3) is 5.52. The highest BCUT2D eigenvalue weighted by Gasteiger charge is 2.03. The molecule has 0 aliphatic rings. The van der Waals surface area contributed by atoms with Gasteiger partial charge < -0.3 is 10.1 Å². The standard InChI is InChI=1S/C20H21NO2/c1-16(2)19-13-7-6-11-18(19)12-8-14-21-20(22)23-15-17-9-4-3-5-10-17/h3-7,9-11,13,16H,14-15H2,1-2H3,(H,21,22). The number of rotatable bonds is 4. The van der Waals surface area contributed by atoms with E-state index < -0.39 is 6.09 Å². The summed E-state index contributed by atoms with van der Waals surface area (Å²) in [6.07, 6.45) is -0.458. The monoisotopic (exact) mass is 307 g/mol. The Bertz CT molecular complexity index is 696. The average molecular weight is 307 g/mol. The van der Waals surface area contributed by atoms with Crippen LogP contribution in [0.2, 0.25) is 0 Å². The zero-order valence-electron chi connectivity index (χ0n) is 13.5. The van der Waals surface area contributed by atoms with Crippen LogP contribution in [-0.2, 0) is 11.3 Å². The van der Waals surface area contributed by atoms with E-state index in [0.29, 0.717) is 5.92 Å². The van der Waals surface area contributed by atoms with Crippen molar-refractivity contribution in [3.63, 3.8) is 0 Å². The molecule has 0 fully saturated rings. The summed E-state index contributed by atoms with van der Waals surface area (Å²) < 4.78 is 5.12. The zero-order chi connectivity index (χ0) is 16.5. The molecular weight excluding hydrogens is 286 g/mol. The summed E-state index contributed by atoms with van der Waals surface area (Å²) in [5.74, 6) is 6.49. The van der Waals surface area contributed by atoms with Gasteiger partial charge in [0, 0.05) is 5.56 Å². The van der Waals surface area contributed by atoms with E-state index in [4.69, 9.17) is 4.74 Å². The molecule has 23 heavy (non-hydrogen) atoms. The molecule has 118 valence electrons. The normalized spacial score (nSPS) is 9.87. The van der Waals surface area contributed by atoms with Crippen molar-refractivity contribution in [1.29, 1.82) is 0 Å². The Morgan fingerprint density at radius 1 is 1.09 bits per heavy atom. The number of nitrogens with one attached hydrogen (secondary N) is 1. The molecule has 0 bridgehead atoms. The number of hydrogen-bond donors (Lipinski definition) is 1. The molecule has 0 spiro atoms. The largest absolute Gasteiger partial charge is 0.445 e. The van der Waals surface area contributed by atoms with Gasteiger partial charge in [-0.15, -0.1) is 0 Å². The maximum absolute atomic E-state index is 11.6. The number of alkyl carbamates (subject to hydrolysis) is 1. The Kier molecular flexibility index (Phi) is 6.26. The number of amides is 1. The number of carbonyl (C=O) groups is 1. The van der Waals surface area contributed by atoms with Gasteiger partial charge in [0.25, 0.3) is 0 Å². The van der Waals surface area contributed by atoms with Crippen LogP contribution in [0.4, 0.5) is 4.79 Å². The first kappa shape index (κ1) is 16.6. The maximum atomic E-state index is 11.6. The zero-order valence-corrected chi connectivity index (χ0v) is 13.5. The summed E-state index contributed by atoms with van der Waals surface area (Å²) in [4.78, 5) is 11.6. The fourth-order valence-electron chi connectivity index (χ4n) is 2.14. The highest BCUT2D eigenvalue weighted by Crippen LogP contribution is 2.17. The van der Waals surface area contributed by atoms with Crippen molar-refractivity contribution in [2.24, 2.45) is 0 Å². The maximum Gasteiger partial charge on any atom is 0.408 e. The molecule has 2 aromatic carbocycles. The molecule has 0 saturated carbocycles. The van der Waals surface area contributed by atoms with Crippen LogP contribution in [0.1, 0.15) is 36.5 Å².